The third kappa shape index (κ3) is 2.88. The molecule has 154 valence electrons. The fourth-order valence-corrected chi connectivity index (χ4v) is 3.63. The van der Waals surface area contributed by atoms with Gasteiger partial charge in [-0.2, -0.15) is 0 Å². The number of methoxy groups -OCH3 is 3. The molecule has 0 aromatic heterocycles. The smallest absolute Gasteiger partial charge is 0.342 e. The summed E-state index contributed by atoms with van der Waals surface area (Å²) in [6, 6.07) is 8.89. The lowest BCUT2D eigenvalue weighted by Crippen LogP contribution is -2.16. The highest BCUT2D eigenvalue weighted by Gasteiger charge is 2.34. The summed E-state index contributed by atoms with van der Waals surface area (Å²) in [5.74, 6) is -1.04. The average Bonchev–Trinajstić information content (AvgIpc) is 3.26. The molecular formula is C22H17FO7. The predicted octanol–water partition coefficient (Wildman–Crippen LogP) is 3.96. The molecule has 0 atom stereocenters. The highest BCUT2D eigenvalue weighted by atomic mass is 19.1. The third-order valence-corrected chi connectivity index (χ3v) is 4.88. The Labute approximate surface area is 170 Å². The third-order valence-electron chi connectivity index (χ3n) is 4.88. The second-order valence-corrected chi connectivity index (χ2v) is 6.37. The Hall–Kier alpha value is -3.81. The second-order valence-electron chi connectivity index (χ2n) is 6.37. The highest BCUT2D eigenvalue weighted by molar-refractivity contribution is 6.20. The van der Waals surface area contributed by atoms with Gasteiger partial charge in [-0.1, -0.05) is 12.1 Å². The van der Waals surface area contributed by atoms with Crippen molar-refractivity contribution in [2.75, 3.05) is 28.1 Å². The molecule has 0 bridgehead atoms. The van der Waals surface area contributed by atoms with Gasteiger partial charge in [-0.05, 0) is 29.8 Å². The molecule has 0 N–H and O–H groups in total. The summed E-state index contributed by atoms with van der Waals surface area (Å²) in [6.45, 7) is -0.00801. The van der Waals surface area contributed by atoms with E-state index in [1.54, 1.807) is 12.1 Å². The van der Waals surface area contributed by atoms with E-state index in [0.29, 0.717) is 33.4 Å². The summed E-state index contributed by atoms with van der Waals surface area (Å²) in [5.41, 5.74) is 0.612. The lowest BCUT2D eigenvalue weighted by molar-refractivity contribution is 0.0553. The number of carbonyl (C=O) groups is 2. The van der Waals surface area contributed by atoms with E-state index in [0.717, 1.165) is 0 Å². The number of hydrogen-bond acceptors (Lipinski definition) is 7. The number of carbonyl (C=O) groups excluding carboxylic acids is 2. The number of fused-ring (bicyclic) bond motifs is 3. The fraction of sp³-hybridized carbons (Fsp3) is 0.182. The lowest BCUT2D eigenvalue weighted by Gasteiger charge is -2.20. The molecule has 0 saturated heterocycles. The van der Waals surface area contributed by atoms with Crippen molar-refractivity contribution in [1.29, 1.82) is 0 Å². The molecule has 1 aliphatic heterocycles. The van der Waals surface area contributed by atoms with Crippen LogP contribution < -0.4 is 14.2 Å². The van der Waals surface area contributed by atoms with E-state index in [9.17, 15) is 14.0 Å². The first-order valence-electron chi connectivity index (χ1n) is 8.90. The van der Waals surface area contributed by atoms with Crippen LogP contribution in [0.5, 0.6) is 17.2 Å². The summed E-state index contributed by atoms with van der Waals surface area (Å²) in [6.07, 6.45) is 0. The fourth-order valence-electron chi connectivity index (χ4n) is 3.63. The van der Waals surface area contributed by atoms with Crippen molar-refractivity contribution in [2.45, 2.75) is 0 Å². The van der Waals surface area contributed by atoms with Crippen LogP contribution in [0, 0.1) is 5.82 Å². The minimum Gasteiger partial charge on any atom is -0.495 e. The van der Waals surface area contributed by atoms with Gasteiger partial charge in [0.15, 0.2) is 11.5 Å². The Bertz CT molecular complexity index is 1170. The molecule has 7 nitrogen and oxygen atoms in total. The summed E-state index contributed by atoms with van der Waals surface area (Å²) in [5, 5.41) is 0.968. The van der Waals surface area contributed by atoms with Crippen molar-refractivity contribution < 1.29 is 37.7 Å². The molecule has 4 rings (SSSR count). The van der Waals surface area contributed by atoms with Crippen LogP contribution in [0.25, 0.3) is 21.9 Å². The topological polar surface area (TPSA) is 80.3 Å². The number of ether oxygens (including phenoxy) is 5. The van der Waals surface area contributed by atoms with E-state index in [4.69, 9.17) is 23.7 Å². The summed E-state index contributed by atoms with van der Waals surface area (Å²) < 4.78 is 40.2. The van der Waals surface area contributed by atoms with Gasteiger partial charge < -0.3 is 23.7 Å². The molecule has 0 unspecified atom stereocenters. The molecule has 0 radical (unpaired) electrons. The first-order valence-corrected chi connectivity index (χ1v) is 8.90. The maximum absolute atomic E-state index is 13.6. The zero-order chi connectivity index (χ0) is 21.4. The monoisotopic (exact) mass is 412 g/mol. The molecule has 1 heterocycles. The first-order chi connectivity index (χ1) is 14.5. The van der Waals surface area contributed by atoms with Gasteiger partial charge in [-0.25, -0.2) is 14.0 Å². The second kappa shape index (κ2) is 7.55. The number of benzene rings is 3. The minimum atomic E-state index is -0.786. The van der Waals surface area contributed by atoms with Crippen LogP contribution in [-0.2, 0) is 9.47 Å². The van der Waals surface area contributed by atoms with Gasteiger partial charge in [0.1, 0.15) is 17.1 Å². The highest BCUT2D eigenvalue weighted by Crippen LogP contribution is 2.50. The van der Waals surface area contributed by atoms with E-state index in [2.05, 4.69) is 0 Å². The van der Waals surface area contributed by atoms with E-state index < -0.39 is 17.8 Å². The number of hydrogen-bond donors (Lipinski definition) is 0. The minimum absolute atomic E-state index is 0.00801. The van der Waals surface area contributed by atoms with E-state index in [1.807, 2.05) is 0 Å². The van der Waals surface area contributed by atoms with Crippen molar-refractivity contribution in [3.8, 4) is 28.4 Å². The largest absolute Gasteiger partial charge is 0.495 e. The Morgan fingerprint density at radius 1 is 0.900 bits per heavy atom. The molecule has 0 fully saturated rings. The Kier molecular flexibility index (Phi) is 4.91. The van der Waals surface area contributed by atoms with Crippen LogP contribution in [-0.4, -0.2) is 40.1 Å². The molecular weight excluding hydrogens is 395 g/mol. The molecule has 0 spiro atoms. The van der Waals surface area contributed by atoms with E-state index in [1.165, 1.54) is 45.6 Å². The van der Waals surface area contributed by atoms with Gasteiger partial charge in [-0.15, -0.1) is 0 Å². The summed E-state index contributed by atoms with van der Waals surface area (Å²) >= 11 is 0. The number of rotatable bonds is 4. The number of halogens is 1. The Morgan fingerprint density at radius 3 is 2.20 bits per heavy atom. The van der Waals surface area contributed by atoms with Gasteiger partial charge >= 0.3 is 11.9 Å². The SMILES string of the molecule is COC(=O)c1c(C(=O)OC)c(-c2ccc(F)cc2)c2c3c(ccc2c1OC)OCO3. The van der Waals surface area contributed by atoms with Crippen LogP contribution in [0.15, 0.2) is 36.4 Å². The van der Waals surface area contributed by atoms with Gasteiger partial charge in [-0.3, -0.25) is 0 Å². The van der Waals surface area contributed by atoms with Crippen molar-refractivity contribution in [2.24, 2.45) is 0 Å². The summed E-state index contributed by atoms with van der Waals surface area (Å²) in [4.78, 5) is 25.6. The standard InChI is InChI=1S/C22H17FO7/c1-26-19-13-8-9-14-20(30-10-29-14)16(13)15(11-4-6-12(23)7-5-11)17(21(24)27-2)18(19)22(25)28-3/h4-9H,10H2,1-3H3. The van der Waals surface area contributed by atoms with Crippen molar-refractivity contribution in [1.82, 2.24) is 0 Å². The van der Waals surface area contributed by atoms with Crippen LogP contribution in [0.4, 0.5) is 4.39 Å². The van der Waals surface area contributed by atoms with Crippen molar-refractivity contribution >= 4 is 22.7 Å². The molecule has 3 aromatic rings. The zero-order valence-corrected chi connectivity index (χ0v) is 16.4. The zero-order valence-electron chi connectivity index (χ0n) is 16.4. The van der Waals surface area contributed by atoms with Gasteiger partial charge in [0, 0.05) is 16.3 Å². The quantitative estimate of drug-likeness (QED) is 0.600. The maximum Gasteiger partial charge on any atom is 0.342 e. The van der Waals surface area contributed by atoms with Crippen LogP contribution in [0.1, 0.15) is 20.7 Å². The van der Waals surface area contributed by atoms with Crippen molar-refractivity contribution in [3.63, 3.8) is 0 Å². The maximum atomic E-state index is 13.6. The lowest BCUT2D eigenvalue weighted by atomic mass is 9.88. The predicted molar refractivity (Wildman–Crippen MR) is 105 cm³/mol. The van der Waals surface area contributed by atoms with E-state index in [-0.39, 0.29) is 23.7 Å². The molecule has 0 aliphatic carbocycles. The van der Waals surface area contributed by atoms with Crippen LogP contribution in [0.2, 0.25) is 0 Å². The van der Waals surface area contributed by atoms with E-state index >= 15 is 0 Å². The molecule has 1 aliphatic rings. The molecule has 0 saturated carbocycles. The van der Waals surface area contributed by atoms with Gasteiger partial charge in [0.25, 0.3) is 0 Å². The molecule has 3 aromatic carbocycles. The Morgan fingerprint density at radius 2 is 1.57 bits per heavy atom. The average molecular weight is 412 g/mol. The van der Waals surface area contributed by atoms with Crippen LogP contribution in [0.3, 0.4) is 0 Å². The number of esters is 2. The molecule has 8 heteroatoms. The first kappa shape index (κ1) is 19.5. The summed E-state index contributed by atoms with van der Waals surface area (Å²) in [7, 11) is 3.78. The van der Waals surface area contributed by atoms with Gasteiger partial charge in [0.05, 0.1) is 26.9 Å². The molecule has 30 heavy (non-hydrogen) atoms. The van der Waals surface area contributed by atoms with Crippen LogP contribution >= 0.6 is 0 Å². The van der Waals surface area contributed by atoms with Crippen molar-refractivity contribution in [3.05, 3.63) is 53.3 Å². The normalized spacial score (nSPS) is 12.0. The van der Waals surface area contributed by atoms with Gasteiger partial charge in [0.2, 0.25) is 6.79 Å². The Balaban J connectivity index is 2.27. The molecule has 0 amide bonds.